The molecule has 0 aromatic heterocycles. The SMILES string of the molecule is CC[C@@H](C)c1ccccc1NC(=O)COC(=O)c1ccc(Cl)c(S(N)(=O)=O)c1. The van der Waals surface area contributed by atoms with Crippen LogP contribution in [0.1, 0.15) is 42.1 Å². The topological polar surface area (TPSA) is 116 Å². The van der Waals surface area contributed by atoms with Crippen LogP contribution in [0.3, 0.4) is 0 Å². The van der Waals surface area contributed by atoms with E-state index in [0.29, 0.717) is 5.69 Å². The number of nitrogens with one attached hydrogen (secondary N) is 1. The maximum Gasteiger partial charge on any atom is 0.338 e. The van der Waals surface area contributed by atoms with Crippen molar-refractivity contribution in [3.05, 3.63) is 58.6 Å². The second-order valence-corrected chi connectivity index (χ2v) is 8.15. The van der Waals surface area contributed by atoms with E-state index in [-0.39, 0.29) is 16.5 Å². The molecule has 3 N–H and O–H groups in total. The molecule has 0 heterocycles. The molecule has 0 unspecified atom stereocenters. The Morgan fingerprint density at radius 3 is 2.54 bits per heavy atom. The molecule has 0 saturated carbocycles. The molecule has 0 bridgehead atoms. The fourth-order valence-electron chi connectivity index (χ4n) is 2.51. The Bertz CT molecular complexity index is 992. The molecule has 150 valence electrons. The standard InChI is InChI=1S/C19H21ClN2O5S/c1-3-12(2)14-6-4-5-7-16(14)22-18(23)11-27-19(24)13-8-9-15(20)17(10-13)28(21,25)26/h4-10,12H,3,11H2,1-2H3,(H,22,23)(H2,21,25,26)/t12-/m1/s1. The maximum absolute atomic E-state index is 12.2. The van der Waals surface area contributed by atoms with Crippen LogP contribution in [0, 0.1) is 0 Å². The summed E-state index contributed by atoms with van der Waals surface area (Å²) in [4.78, 5) is 23.9. The number of primary sulfonamides is 1. The van der Waals surface area contributed by atoms with Crippen molar-refractivity contribution >= 4 is 39.2 Å². The zero-order valence-electron chi connectivity index (χ0n) is 15.4. The number of carbonyl (C=O) groups is 2. The number of sulfonamides is 1. The van der Waals surface area contributed by atoms with E-state index >= 15 is 0 Å². The number of nitrogens with two attached hydrogens (primary N) is 1. The van der Waals surface area contributed by atoms with Gasteiger partial charge in [-0.15, -0.1) is 0 Å². The summed E-state index contributed by atoms with van der Waals surface area (Å²) in [6.07, 6.45) is 0.908. The number of esters is 1. The Morgan fingerprint density at radius 2 is 1.89 bits per heavy atom. The van der Waals surface area contributed by atoms with Gasteiger partial charge in [-0.1, -0.05) is 43.6 Å². The number of ether oxygens (including phenoxy) is 1. The summed E-state index contributed by atoms with van der Waals surface area (Å²) in [7, 11) is -4.10. The summed E-state index contributed by atoms with van der Waals surface area (Å²) in [5, 5.41) is 7.67. The van der Waals surface area contributed by atoms with Gasteiger partial charge in [-0.2, -0.15) is 0 Å². The van der Waals surface area contributed by atoms with Gasteiger partial charge in [0, 0.05) is 5.69 Å². The normalized spacial score (nSPS) is 12.3. The predicted molar refractivity (Wildman–Crippen MR) is 107 cm³/mol. The molecule has 0 aliphatic rings. The van der Waals surface area contributed by atoms with Crippen molar-refractivity contribution in [1.29, 1.82) is 0 Å². The van der Waals surface area contributed by atoms with Gasteiger partial charge < -0.3 is 10.1 Å². The molecule has 28 heavy (non-hydrogen) atoms. The molecular weight excluding hydrogens is 404 g/mol. The van der Waals surface area contributed by atoms with E-state index in [4.69, 9.17) is 21.5 Å². The summed E-state index contributed by atoms with van der Waals surface area (Å²) < 4.78 is 27.9. The lowest BCUT2D eigenvalue weighted by molar-refractivity contribution is -0.119. The molecule has 0 fully saturated rings. The lowest BCUT2D eigenvalue weighted by atomic mass is 9.97. The third-order valence-electron chi connectivity index (χ3n) is 4.19. The van der Waals surface area contributed by atoms with Gasteiger partial charge in [-0.05, 0) is 42.2 Å². The van der Waals surface area contributed by atoms with Gasteiger partial charge in [-0.3, -0.25) is 4.79 Å². The molecule has 1 atom stereocenters. The fourth-order valence-corrected chi connectivity index (χ4v) is 3.58. The van der Waals surface area contributed by atoms with Gasteiger partial charge in [0.1, 0.15) is 4.90 Å². The Kier molecular flexibility index (Phi) is 7.17. The van der Waals surface area contributed by atoms with Crippen LogP contribution in [-0.4, -0.2) is 26.9 Å². The van der Waals surface area contributed by atoms with Crippen molar-refractivity contribution in [3.8, 4) is 0 Å². The highest BCUT2D eigenvalue weighted by atomic mass is 35.5. The third-order valence-corrected chi connectivity index (χ3v) is 5.58. The molecule has 7 nitrogen and oxygen atoms in total. The highest BCUT2D eigenvalue weighted by Gasteiger charge is 2.18. The first kappa shape index (κ1) is 21.9. The molecule has 0 spiro atoms. The molecular formula is C19H21ClN2O5S. The first-order chi connectivity index (χ1) is 13.1. The van der Waals surface area contributed by atoms with Crippen LogP contribution < -0.4 is 10.5 Å². The monoisotopic (exact) mass is 424 g/mol. The van der Waals surface area contributed by atoms with Crippen molar-refractivity contribution in [2.24, 2.45) is 5.14 Å². The van der Waals surface area contributed by atoms with E-state index in [9.17, 15) is 18.0 Å². The van der Waals surface area contributed by atoms with Gasteiger partial charge in [0.05, 0.1) is 10.6 Å². The Labute approximate surface area is 168 Å². The minimum atomic E-state index is -4.10. The molecule has 2 aromatic carbocycles. The summed E-state index contributed by atoms with van der Waals surface area (Å²) in [5.74, 6) is -1.12. The predicted octanol–water partition coefficient (Wildman–Crippen LogP) is 3.30. The van der Waals surface area contributed by atoms with Crippen LogP contribution >= 0.6 is 11.6 Å². The van der Waals surface area contributed by atoms with E-state index in [1.165, 1.54) is 12.1 Å². The molecule has 2 aromatic rings. The largest absolute Gasteiger partial charge is 0.452 e. The van der Waals surface area contributed by atoms with Gasteiger partial charge in [0.15, 0.2) is 6.61 Å². The zero-order valence-corrected chi connectivity index (χ0v) is 17.0. The molecule has 2 rings (SSSR count). The molecule has 0 aliphatic heterocycles. The second kappa shape index (κ2) is 9.18. The zero-order chi connectivity index (χ0) is 20.9. The smallest absolute Gasteiger partial charge is 0.338 e. The number of amides is 1. The number of hydrogen-bond donors (Lipinski definition) is 2. The van der Waals surface area contributed by atoms with Gasteiger partial charge >= 0.3 is 5.97 Å². The Balaban J connectivity index is 2.05. The number of carbonyl (C=O) groups excluding carboxylic acids is 2. The lowest BCUT2D eigenvalue weighted by Gasteiger charge is -2.15. The van der Waals surface area contributed by atoms with E-state index < -0.39 is 33.4 Å². The number of anilines is 1. The Hall–Kier alpha value is -2.42. The van der Waals surface area contributed by atoms with Crippen LogP contribution in [0.25, 0.3) is 0 Å². The van der Waals surface area contributed by atoms with Gasteiger partial charge in [0.25, 0.3) is 5.91 Å². The quantitative estimate of drug-likeness (QED) is 0.661. The van der Waals surface area contributed by atoms with Crippen LogP contribution in [0.5, 0.6) is 0 Å². The minimum absolute atomic E-state index is 0.0822. The van der Waals surface area contributed by atoms with Crippen molar-refractivity contribution in [1.82, 2.24) is 0 Å². The summed E-state index contributed by atoms with van der Waals surface area (Å²) in [5.41, 5.74) is 1.56. The third kappa shape index (κ3) is 5.54. The van der Waals surface area contributed by atoms with Gasteiger partial charge in [0.2, 0.25) is 10.0 Å². The highest BCUT2D eigenvalue weighted by molar-refractivity contribution is 7.89. The van der Waals surface area contributed by atoms with Crippen LogP contribution in [-0.2, 0) is 19.6 Å². The number of rotatable bonds is 7. The van der Waals surface area contributed by atoms with Crippen LogP contribution in [0.2, 0.25) is 5.02 Å². The summed E-state index contributed by atoms with van der Waals surface area (Å²) in [6, 6.07) is 10.9. The fraction of sp³-hybridized carbons (Fsp3) is 0.263. The van der Waals surface area contributed by atoms with Crippen LogP contribution in [0.15, 0.2) is 47.4 Å². The van der Waals surface area contributed by atoms with Gasteiger partial charge in [-0.25, -0.2) is 18.4 Å². The minimum Gasteiger partial charge on any atom is -0.452 e. The molecule has 0 saturated heterocycles. The first-order valence-electron chi connectivity index (χ1n) is 8.51. The second-order valence-electron chi connectivity index (χ2n) is 6.21. The molecule has 9 heteroatoms. The first-order valence-corrected chi connectivity index (χ1v) is 10.4. The van der Waals surface area contributed by atoms with E-state index in [1.54, 1.807) is 12.1 Å². The number of hydrogen-bond acceptors (Lipinski definition) is 5. The Morgan fingerprint density at radius 1 is 1.21 bits per heavy atom. The molecule has 0 aliphatic carbocycles. The number of benzene rings is 2. The average Bonchev–Trinajstić information content (AvgIpc) is 2.65. The van der Waals surface area contributed by atoms with E-state index in [0.717, 1.165) is 18.1 Å². The maximum atomic E-state index is 12.2. The van der Waals surface area contributed by atoms with E-state index in [2.05, 4.69) is 12.2 Å². The highest BCUT2D eigenvalue weighted by Crippen LogP contribution is 2.26. The van der Waals surface area contributed by atoms with E-state index in [1.807, 2.05) is 19.1 Å². The van der Waals surface area contributed by atoms with Crippen molar-refractivity contribution in [3.63, 3.8) is 0 Å². The average molecular weight is 425 g/mol. The van der Waals surface area contributed by atoms with Crippen molar-refractivity contribution < 1.29 is 22.7 Å². The molecule has 0 radical (unpaired) electrons. The van der Waals surface area contributed by atoms with Crippen LogP contribution in [0.4, 0.5) is 5.69 Å². The summed E-state index contributed by atoms with van der Waals surface area (Å²) in [6.45, 7) is 3.57. The number of para-hydroxylation sites is 1. The molecule has 1 amide bonds. The number of halogens is 1. The summed E-state index contributed by atoms with van der Waals surface area (Å²) >= 11 is 5.78. The lowest BCUT2D eigenvalue weighted by Crippen LogP contribution is -2.22. The van der Waals surface area contributed by atoms with Crippen molar-refractivity contribution in [2.75, 3.05) is 11.9 Å². The van der Waals surface area contributed by atoms with Crippen molar-refractivity contribution in [2.45, 2.75) is 31.1 Å².